The highest BCUT2D eigenvalue weighted by molar-refractivity contribution is 6.17. The highest BCUT2D eigenvalue weighted by Gasteiger charge is 2.08. The Morgan fingerprint density at radius 2 is 2.00 bits per heavy atom. The molecule has 0 fully saturated rings. The number of nitrogens with one attached hydrogen (secondary N) is 1. The molecular formula is C12H10Cl2N2O3. The van der Waals surface area contributed by atoms with Crippen LogP contribution in [0.1, 0.15) is 5.56 Å². The van der Waals surface area contributed by atoms with Gasteiger partial charge in [-0.1, -0.05) is 18.2 Å². The van der Waals surface area contributed by atoms with Gasteiger partial charge in [-0.15, -0.1) is 24.0 Å². The Hall–Kier alpha value is -1.85. The van der Waals surface area contributed by atoms with E-state index in [1.54, 1.807) is 24.3 Å². The maximum atomic E-state index is 11.6. The van der Waals surface area contributed by atoms with Crippen LogP contribution in [0, 0.1) is 10.1 Å². The van der Waals surface area contributed by atoms with E-state index in [0.29, 0.717) is 16.8 Å². The first-order valence-electron chi connectivity index (χ1n) is 5.15. The lowest BCUT2D eigenvalue weighted by molar-refractivity contribution is -0.384. The number of rotatable bonds is 3. The Balaban J connectivity index is 0.00000180. The Labute approximate surface area is 119 Å². The molecule has 19 heavy (non-hydrogen) atoms. The minimum Gasteiger partial charge on any atom is -0.322 e. The Morgan fingerprint density at radius 1 is 1.26 bits per heavy atom. The van der Waals surface area contributed by atoms with Gasteiger partial charge in [0.2, 0.25) is 0 Å². The number of pyridine rings is 1. The molecule has 0 unspecified atom stereocenters. The van der Waals surface area contributed by atoms with Crippen molar-refractivity contribution in [2.75, 3.05) is 0 Å². The molecule has 1 aromatic carbocycles. The van der Waals surface area contributed by atoms with E-state index in [1.165, 1.54) is 12.1 Å². The maximum Gasteiger partial charge on any atom is 0.270 e. The molecule has 0 saturated carbocycles. The molecular weight excluding hydrogens is 291 g/mol. The molecule has 0 aliphatic heterocycles. The van der Waals surface area contributed by atoms with Crippen LogP contribution in [0.2, 0.25) is 0 Å². The summed E-state index contributed by atoms with van der Waals surface area (Å²) < 4.78 is 0. The molecule has 0 atom stereocenters. The Kier molecular flexibility index (Phi) is 5.09. The van der Waals surface area contributed by atoms with Crippen molar-refractivity contribution < 1.29 is 4.92 Å². The van der Waals surface area contributed by atoms with Crippen molar-refractivity contribution in [3.8, 4) is 11.3 Å². The lowest BCUT2D eigenvalue weighted by atomic mass is 10.1. The van der Waals surface area contributed by atoms with Crippen molar-refractivity contribution >= 4 is 29.7 Å². The van der Waals surface area contributed by atoms with Gasteiger partial charge in [-0.2, -0.15) is 0 Å². The molecule has 2 rings (SSSR count). The Bertz CT molecular complexity index is 655. The van der Waals surface area contributed by atoms with Crippen LogP contribution >= 0.6 is 24.0 Å². The van der Waals surface area contributed by atoms with Gasteiger partial charge in [0.25, 0.3) is 11.2 Å². The summed E-state index contributed by atoms with van der Waals surface area (Å²) >= 11 is 5.59. The van der Waals surface area contributed by atoms with E-state index in [-0.39, 0.29) is 29.5 Å². The number of alkyl halides is 1. The fourth-order valence-corrected chi connectivity index (χ4v) is 1.77. The number of H-pyrrole nitrogens is 1. The van der Waals surface area contributed by atoms with E-state index in [1.807, 2.05) is 0 Å². The number of non-ortho nitro benzene ring substituents is 1. The lowest BCUT2D eigenvalue weighted by Gasteiger charge is -2.02. The van der Waals surface area contributed by atoms with E-state index in [9.17, 15) is 14.9 Å². The van der Waals surface area contributed by atoms with Gasteiger partial charge >= 0.3 is 0 Å². The third-order valence-corrected chi connectivity index (χ3v) is 2.79. The smallest absolute Gasteiger partial charge is 0.270 e. The molecule has 1 aromatic heterocycles. The fourth-order valence-electron chi connectivity index (χ4n) is 1.56. The van der Waals surface area contributed by atoms with Gasteiger partial charge in [0.05, 0.1) is 10.8 Å². The normalized spacial score (nSPS) is 9.74. The van der Waals surface area contributed by atoms with Gasteiger partial charge in [-0.25, -0.2) is 0 Å². The quantitative estimate of drug-likeness (QED) is 0.537. The van der Waals surface area contributed by atoms with Crippen molar-refractivity contribution in [2.24, 2.45) is 0 Å². The van der Waals surface area contributed by atoms with Crippen LogP contribution in [0.25, 0.3) is 11.3 Å². The molecule has 2 aromatic rings. The molecule has 0 bridgehead atoms. The van der Waals surface area contributed by atoms with E-state index >= 15 is 0 Å². The molecule has 7 heteroatoms. The number of aromatic nitrogens is 1. The molecule has 0 spiro atoms. The topological polar surface area (TPSA) is 76.0 Å². The zero-order valence-corrected chi connectivity index (χ0v) is 11.2. The first-order chi connectivity index (χ1) is 8.61. The second kappa shape index (κ2) is 6.36. The van der Waals surface area contributed by atoms with E-state index in [0.717, 1.165) is 0 Å². The second-order valence-electron chi connectivity index (χ2n) is 3.67. The van der Waals surface area contributed by atoms with Crippen molar-refractivity contribution in [1.29, 1.82) is 0 Å². The number of halogens is 2. The summed E-state index contributed by atoms with van der Waals surface area (Å²) in [5, 5.41) is 10.7. The summed E-state index contributed by atoms with van der Waals surface area (Å²) in [7, 11) is 0. The van der Waals surface area contributed by atoms with Crippen molar-refractivity contribution in [3.05, 3.63) is 62.4 Å². The van der Waals surface area contributed by atoms with Crippen LogP contribution in [0.4, 0.5) is 5.69 Å². The highest BCUT2D eigenvalue weighted by atomic mass is 35.5. The Morgan fingerprint density at radius 3 is 2.58 bits per heavy atom. The van der Waals surface area contributed by atoms with Crippen LogP contribution in [-0.2, 0) is 5.88 Å². The number of aromatic amines is 1. The summed E-state index contributed by atoms with van der Waals surface area (Å²) in [6.07, 6.45) is 0. The summed E-state index contributed by atoms with van der Waals surface area (Å²) in [5.74, 6) is 0.130. The molecule has 100 valence electrons. The zero-order chi connectivity index (χ0) is 13.1. The van der Waals surface area contributed by atoms with Crippen LogP contribution in [0.15, 0.2) is 41.2 Å². The standard InChI is InChI=1S/C12H9ClN2O3.ClH/c13-7-9-4-5-11(14-12(9)16)8-2-1-3-10(6-8)15(17)18;/h1-6H,7H2,(H,14,16);1H. The molecule has 1 heterocycles. The van der Waals surface area contributed by atoms with Crippen LogP contribution in [0.3, 0.4) is 0 Å². The summed E-state index contributed by atoms with van der Waals surface area (Å²) in [4.78, 5) is 24.4. The number of benzene rings is 1. The van der Waals surface area contributed by atoms with Crippen molar-refractivity contribution in [2.45, 2.75) is 5.88 Å². The summed E-state index contributed by atoms with van der Waals surface area (Å²) in [5.41, 5.74) is 1.27. The van der Waals surface area contributed by atoms with Gasteiger partial charge < -0.3 is 4.98 Å². The van der Waals surface area contributed by atoms with Gasteiger partial charge in [-0.05, 0) is 6.07 Å². The molecule has 0 aliphatic carbocycles. The molecule has 0 amide bonds. The first kappa shape index (κ1) is 15.2. The van der Waals surface area contributed by atoms with E-state index in [2.05, 4.69) is 4.98 Å². The third kappa shape index (κ3) is 3.33. The van der Waals surface area contributed by atoms with Gasteiger partial charge in [0.1, 0.15) is 0 Å². The number of hydrogen-bond donors (Lipinski definition) is 1. The van der Waals surface area contributed by atoms with Crippen LogP contribution in [0.5, 0.6) is 0 Å². The monoisotopic (exact) mass is 300 g/mol. The van der Waals surface area contributed by atoms with E-state index < -0.39 is 4.92 Å². The highest BCUT2D eigenvalue weighted by Crippen LogP contribution is 2.21. The second-order valence-corrected chi connectivity index (χ2v) is 3.93. The average molecular weight is 301 g/mol. The van der Waals surface area contributed by atoms with E-state index in [4.69, 9.17) is 11.6 Å². The summed E-state index contributed by atoms with van der Waals surface area (Å²) in [6.45, 7) is 0. The third-order valence-electron chi connectivity index (χ3n) is 2.50. The zero-order valence-electron chi connectivity index (χ0n) is 9.63. The number of nitro groups is 1. The number of nitrogens with zero attached hydrogens (tertiary/aromatic N) is 1. The predicted molar refractivity (Wildman–Crippen MR) is 76.0 cm³/mol. The number of hydrogen-bond acceptors (Lipinski definition) is 3. The van der Waals surface area contributed by atoms with Gasteiger partial charge in [0.15, 0.2) is 0 Å². The minimum atomic E-state index is -0.477. The molecule has 0 radical (unpaired) electrons. The molecule has 0 aliphatic rings. The maximum absolute atomic E-state index is 11.6. The van der Waals surface area contributed by atoms with Gasteiger partial charge in [0, 0.05) is 29.0 Å². The largest absolute Gasteiger partial charge is 0.322 e. The predicted octanol–water partition coefficient (Wildman–Crippen LogP) is 3.11. The first-order valence-corrected chi connectivity index (χ1v) is 5.68. The van der Waals surface area contributed by atoms with Crippen LogP contribution in [-0.4, -0.2) is 9.91 Å². The average Bonchev–Trinajstić information content (AvgIpc) is 2.38. The van der Waals surface area contributed by atoms with Crippen molar-refractivity contribution in [1.82, 2.24) is 4.98 Å². The van der Waals surface area contributed by atoms with Crippen LogP contribution < -0.4 is 5.56 Å². The molecule has 1 N–H and O–H groups in total. The summed E-state index contributed by atoms with van der Waals surface area (Å²) in [6, 6.07) is 9.36. The number of nitro benzene ring substituents is 1. The lowest BCUT2D eigenvalue weighted by Crippen LogP contribution is -2.11. The SMILES string of the molecule is Cl.O=c1[nH]c(-c2cccc([N+](=O)[O-])c2)ccc1CCl. The molecule has 0 saturated heterocycles. The van der Waals surface area contributed by atoms with Gasteiger partial charge in [-0.3, -0.25) is 14.9 Å². The minimum absolute atomic E-state index is 0. The molecule has 5 nitrogen and oxygen atoms in total. The van der Waals surface area contributed by atoms with Crippen molar-refractivity contribution in [3.63, 3.8) is 0 Å². The fraction of sp³-hybridized carbons (Fsp3) is 0.0833.